The van der Waals surface area contributed by atoms with Crippen LogP contribution < -0.4 is 14.8 Å². The molecule has 0 radical (unpaired) electrons. The van der Waals surface area contributed by atoms with Gasteiger partial charge in [-0.3, -0.25) is 4.79 Å². The van der Waals surface area contributed by atoms with Crippen molar-refractivity contribution in [1.29, 1.82) is 0 Å². The zero-order chi connectivity index (χ0) is 23.0. The fourth-order valence-electron chi connectivity index (χ4n) is 3.63. The molecule has 4 aromatic rings. The number of unbranched alkanes of at least 4 members (excludes halogenated alkanes) is 1. The molecule has 0 spiro atoms. The molecule has 1 N–H and O–H groups in total. The van der Waals surface area contributed by atoms with Crippen LogP contribution in [0.2, 0.25) is 0 Å². The summed E-state index contributed by atoms with van der Waals surface area (Å²) in [6.45, 7) is 1.78. The van der Waals surface area contributed by atoms with Crippen molar-refractivity contribution >= 4 is 32.9 Å². The minimum absolute atomic E-state index is 0.118. The number of amides is 1. The third kappa shape index (κ3) is 5.93. The van der Waals surface area contributed by atoms with E-state index in [0.717, 1.165) is 52.2 Å². The molecule has 1 amide bonds. The van der Waals surface area contributed by atoms with E-state index in [1.165, 1.54) is 0 Å². The van der Waals surface area contributed by atoms with Crippen molar-refractivity contribution in [2.24, 2.45) is 0 Å². The molecule has 0 aliphatic carbocycles. The van der Waals surface area contributed by atoms with Gasteiger partial charge < -0.3 is 19.4 Å². The minimum atomic E-state index is -0.118. The molecule has 170 valence electrons. The van der Waals surface area contributed by atoms with Gasteiger partial charge in [-0.2, -0.15) is 0 Å². The summed E-state index contributed by atoms with van der Waals surface area (Å²) in [5, 5.41) is 3.00. The van der Waals surface area contributed by atoms with Gasteiger partial charge in [-0.1, -0.05) is 34.1 Å². The van der Waals surface area contributed by atoms with Crippen molar-refractivity contribution in [3.05, 3.63) is 88.7 Å². The summed E-state index contributed by atoms with van der Waals surface area (Å²) < 4.78 is 14.2. The van der Waals surface area contributed by atoms with Gasteiger partial charge in [-0.05, 0) is 61.4 Å². The van der Waals surface area contributed by atoms with Crippen molar-refractivity contribution < 1.29 is 14.3 Å². The molecular weight excluding hydrogens is 482 g/mol. The van der Waals surface area contributed by atoms with Crippen LogP contribution in [-0.2, 0) is 13.1 Å². The monoisotopic (exact) mass is 507 g/mol. The van der Waals surface area contributed by atoms with Gasteiger partial charge in [0.2, 0.25) is 0 Å². The smallest absolute Gasteiger partial charge is 0.251 e. The standard InChI is InChI=1S/C26H26BrN3O3/c1-32-21-7-6-8-22(17-21)33-16-5-4-15-30-24-10-3-2-9-23(24)29-25(30)18-28-26(31)19-11-13-20(27)14-12-19/h2-3,6-14,17H,4-5,15-16,18H2,1H3,(H,28,31). The highest BCUT2D eigenvalue weighted by molar-refractivity contribution is 9.10. The molecule has 0 atom stereocenters. The SMILES string of the molecule is COc1cccc(OCCCCn2c(CNC(=O)c3ccc(Br)cc3)nc3ccccc32)c1. The largest absolute Gasteiger partial charge is 0.497 e. The number of aryl methyl sites for hydroxylation is 1. The van der Waals surface area contributed by atoms with Gasteiger partial charge in [0, 0.05) is 22.6 Å². The van der Waals surface area contributed by atoms with E-state index in [4.69, 9.17) is 14.5 Å². The van der Waals surface area contributed by atoms with Crippen LogP contribution in [0.4, 0.5) is 0 Å². The maximum Gasteiger partial charge on any atom is 0.251 e. The Morgan fingerprint density at radius 2 is 1.79 bits per heavy atom. The number of para-hydroxylation sites is 2. The molecular formula is C26H26BrN3O3. The van der Waals surface area contributed by atoms with E-state index in [2.05, 4.69) is 31.9 Å². The highest BCUT2D eigenvalue weighted by Gasteiger charge is 2.12. The molecule has 1 heterocycles. The summed E-state index contributed by atoms with van der Waals surface area (Å²) in [5.41, 5.74) is 2.62. The van der Waals surface area contributed by atoms with Crippen molar-refractivity contribution in [3.8, 4) is 11.5 Å². The van der Waals surface area contributed by atoms with Gasteiger partial charge in [-0.25, -0.2) is 4.98 Å². The third-order valence-corrected chi connectivity index (χ3v) is 5.86. The number of methoxy groups -OCH3 is 1. The molecule has 0 saturated carbocycles. The Labute approximate surface area is 201 Å². The maximum atomic E-state index is 12.5. The molecule has 0 fully saturated rings. The van der Waals surface area contributed by atoms with Gasteiger partial charge in [-0.15, -0.1) is 0 Å². The molecule has 3 aromatic carbocycles. The Kier molecular flexibility index (Phi) is 7.62. The summed E-state index contributed by atoms with van der Waals surface area (Å²) >= 11 is 3.39. The molecule has 0 aliphatic heterocycles. The summed E-state index contributed by atoms with van der Waals surface area (Å²) in [6, 6.07) is 23.0. The highest BCUT2D eigenvalue weighted by Crippen LogP contribution is 2.20. The second-order valence-corrected chi connectivity index (χ2v) is 8.51. The number of benzene rings is 3. The Hall–Kier alpha value is -3.32. The van der Waals surface area contributed by atoms with E-state index in [9.17, 15) is 4.79 Å². The predicted octanol–water partition coefficient (Wildman–Crippen LogP) is 5.60. The van der Waals surface area contributed by atoms with Crippen LogP contribution in [0.1, 0.15) is 29.0 Å². The third-order valence-electron chi connectivity index (χ3n) is 5.33. The first kappa shape index (κ1) is 22.9. The van der Waals surface area contributed by atoms with Crippen molar-refractivity contribution in [2.45, 2.75) is 25.9 Å². The van der Waals surface area contributed by atoms with Gasteiger partial charge in [0.05, 0.1) is 31.3 Å². The number of imidazole rings is 1. The van der Waals surface area contributed by atoms with E-state index in [0.29, 0.717) is 18.7 Å². The number of carbonyl (C=O) groups excluding carboxylic acids is 1. The first-order valence-electron chi connectivity index (χ1n) is 10.9. The van der Waals surface area contributed by atoms with E-state index in [1.54, 1.807) is 19.2 Å². The van der Waals surface area contributed by atoms with Crippen LogP contribution in [0.25, 0.3) is 11.0 Å². The van der Waals surface area contributed by atoms with Gasteiger partial charge in [0.1, 0.15) is 17.3 Å². The average Bonchev–Trinajstić information content (AvgIpc) is 3.20. The summed E-state index contributed by atoms with van der Waals surface area (Å²) in [6.07, 6.45) is 1.83. The lowest BCUT2D eigenvalue weighted by molar-refractivity contribution is 0.0949. The molecule has 0 unspecified atom stereocenters. The molecule has 0 aliphatic rings. The van der Waals surface area contributed by atoms with E-state index >= 15 is 0 Å². The number of nitrogens with one attached hydrogen (secondary N) is 1. The van der Waals surface area contributed by atoms with Crippen LogP contribution in [0.5, 0.6) is 11.5 Å². The quantitative estimate of drug-likeness (QED) is 0.284. The number of rotatable bonds is 10. The normalized spacial score (nSPS) is 10.8. The Morgan fingerprint density at radius 1 is 1.00 bits per heavy atom. The van der Waals surface area contributed by atoms with Crippen molar-refractivity contribution in [3.63, 3.8) is 0 Å². The zero-order valence-corrected chi connectivity index (χ0v) is 20.0. The lowest BCUT2D eigenvalue weighted by atomic mass is 10.2. The molecule has 6 nitrogen and oxygen atoms in total. The average molecular weight is 508 g/mol. The van der Waals surface area contributed by atoms with Crippen LogP contribution in [0.3, 0.4) is 0 Å². The number of ether oxygens (including phenoxy) is 2. The molecule has 0 bridgehead atoms. The molecule has 0 saturated heterocycles. The number of aromatic nitrogens is 2. The van der Waals surface area contributed by atoms with E-state index in [-0.39, 0.29) is 5.91 Å². The maximum absolute atomic E-state index is 12.5. The first-order valence-corrected chi connectivity index (χ1v) is 11.7. The minimum Gasteiger partial charge on any atom is -0.497 e. The Morgan fingerprint density at radius 3 is 2.61 bits per heavy atom. The lowest BCUT2D eigenvalue weighted by Gasteiger charge is -2.11. The van der Waals surface area contributed by atoms with Crippen LogP contribution >= 0.6 is 15.9 Å². The van der Waals surface area contributed by atoms with Crippen molar-refractivity contribution in [2.75, 3.05) is 13.7 Å². The number of carbonyl (C=O) groups is 1. The van der Waals surface area contributed by atoms with Crippen LogP contribution in [0.15, 0.2) is 77.3 Å². The molecule has 7 heteroatoms. The molecule has 1 aromatic heterocycles. The Balaban J connectivity index is 1.36. The number of halogens is 1. The number of fused-ring (bicyclic) bond motifs is 1. The number of nitrogens with zero attached hydrogens (tertiary/aromatic N) is 2. The summed E-state index contributed by atoms with van der Waals surface area (Å²) in [5.74, 6) is 2.31. The second kappa shape index (κ2) is 11.0. The van der Waals surface area contributed by atoms with Crippen molar-refractivity contribution in [1.82, 2.24) is 14.9 Å². The number of hydrogen-bond acceptors (Lipinski definition) is 4. The second-order valence-electron chi connectivity index (χ2n) is 7.59. The van der Waals surface area contributed by atoms with E-state index in [1.807, 2.05) is 54.6 Å². The highest BCUT2D eigenvalue weighted by atomic mass is 79.9. The molecule has 4 rings (SSSR count). The van der Waals surface area contributed by atoms with Gasteiger partial charge in [0.25, 0.3) is 5.91 Å². The Bertz CT molecular complexity index is 1220. The van der Waals surface area contributed by atoms with Gasteiger partial charge in [0.15, 0.2) is 0 Å². The fourth-order valence-corrected chi connectivity index (χ4v) is 3.89. The number of hydrogen-bond donors (Lipinski definition) is 1. The van der Waals surface area contributed by atoms with Crippen LogP contribution in [-0.4, -0.2) is 29.2 Å². The lowest BCUT2D eigenvalue weighted by Crippen LogP contribution is -2.24. The predicted molar refractivity (Wildman–Crippen MR) is 133 cm³/mol. The van der Waals surface area contributed by atoms with Gasteiger partial charge >= 0.3 is 0 Å². The van der Waals surface area contributed by atoms with Crippen LogP contribution in [0, 0.1) is 0 Å². The molecule has 33 heavy (non-hydrogen) atoms. The summed E-state index contributed by atoms with van der Waals surface area (Å²) in [4.78, 5) is 17.3. The van der Waals surface area contributed by atoms with E-state index < -0.39 is 0 Å². The fraction of sp³-hybridized carbons (Fsp3) is 0.231. The zero-order valence-electron chi connectivity index (χ0n) is 18.5. The summed E-state index contributed by atoms with van der Waals surface area (Å²) in [7, 11) is 1.65. The first-order chi connectivity index (χ1) is 16.1. The topological polar surface area (TPSA) is 65.4 Å².